The number of nitrogens with zero attached hydrogens (tertiary/aromatic N) is 2. The van der Waals surface area contributed by atoms with Gasteiger partial charge in [-0.05, 0) is 53.1 Å². The van der Waals surface area contributed by atoms with Crippen molar-refractivity contribution in [1.29, 1.82) is 0 Å². The van der Waals surface area contributed by atoms with Crippen LogP contribution in [-0.2, 0) is 23.2 Å². The number of carbonyl (C=O) groups excluding carboxylic acids is 2. The fourth-order valence-electron chi connectivity index (χ4n) is 4.85. The third-order valence-corrected chi connectivity index (χ3v) is 7.29. The minimum Gasteiger partial charge on any atom is -0.361 e. The number of para-hydroxylation sites is 1. The van der Waals surface area contributed by atoms with Gasteiger partial charge in [-0.2, -0.15) is 0 Å². The van der Waals surface area contributed by atoms with Crippen molar-refractivity contribution >= 4 is 22.7 Å². The van der Waals surface area contributed by atoms with Crippen molar-refractivity contribution in [2.75, 3.05) is 19.6 Å². The van der Waals surface area contributed by atoms with Crippen LogP contribution in [0.4, 0.5) is 0 Å². The highest BCUT2D eigenvalue weighted by Crippen LogP contribution is 2.23. The van der Waals surface area contributed by atoms with E-state index in [1.54, 1.807) is 4.90 Å². The summed E-state index contributed by atoms with van der Waals surface area (Å²) >= 11 is 0. The summed E-state index contributed by atoms with van der Waals surface area (Å²) in [6.45, 7) is 10.3. The molecule has 4 aromatic rings. The second kappa shape index (κ2) is 12.8. The summed E-state index contributed by atoms with van der Waals surface area (Å²) in [6, 6.07) is 26.1. The second-order valence-corrected chi connectivity index (χ2v) is 11.3. The molecule has 0 bridgehead atoms. The standard InChI is InChI=1S/C34H41N3O2/c1-5-6-21-37(33(39)27-16-18-29(19-17-27)34(2,3)4)25-32(38)36(24-26-12-8-7-9-13-26)22-20-28-23-35-31-15-11-10-14-30(28)31/h7-19,23,35H,5-6,20-22,24-25H2,1-4H3. The lowest BCUT2D eigenvalue weighted by molar-refractivity contribution is -0.132. The van der Waals surface area contributed by atoms with E-state index in [1.807, 2.05) is 77.8 Å². The molecule has 0 aliphatic heterocycles. The van der Waals surface area contributed by atoms with Crippen LogP contribution in [0.1, 0.15) is 67.6 Å². The zero-order valence-corrected chi connectivity index (χ0v) is 23.7. The maximum absolute atomic E-state index is 13.8. The van der Waals surface area contributed by atoms with E-state index < -0.39 is 0 Å². The number of aromatic nitrogens is 1. The molecule has 39 heavy (non-hydrogen) atoms. The highest BCUT2D eigenvalue weighted by molar-refractivity contribution is 5.96. The van der Waals surface area contributed by atoms with Gasteiger partial charge < -0.3 is 14.8 Å². The molecular weight excluding hydrogens is 482 g/mol. The summed E-state index contributed by atoms with van der Waals surface area (Å²) in [5, 5.41) is 1.18. The van der Waals surface area contributed by atoms with Crippen molar-refractivity contribution in [3.8, 4) is 0 Å². The highest BCUT2D eigenvalue weighted by Gasteiger charge is 2.23. The summed E-state index contributed by atoms with van der Waals surface area (Å²) in [6.07, 6.45) is 4.58. The Morgan fingerprint density at radius 1 is 0.821 bits per heavy atom. The number of aromatic amines is 1. The molecule has 1 N–H and O–H groups in total. The van der Waals surface area contributed by atoms with Crippen molar-refractivity contribution in [1.82, 2.24) is 14.8 Å². The van der Waals surface area contributed by atoms with Crippen molar-refractivity contribution in [3.63, 3.8) is 0 Å². The number of carbonyl (C=O) groups is 2. The van der Waals surface area contributed by atoms with E-state index in [-0.39, 0.29) is 23.8 Å². The van der Waals surface area contributed by atoms with Crippen LogP contribution in [0.15, 0.2) is 85.1 Å². The normalized spacial score (nSPS) is 11.5. The van der Waals surface area contributed by atoms with Gasteiger partial charge in [0.1, 0.15) is 6.54 Å². The quantitative estimate of drug-likeness (QED) is 0.231. The smallest absolute Gasteiger partial charge is 0.254 e. The first-order chi connectivity index (χ1) is 18.8. The first kappa shape index (κ1) is 28.2. The SMILES string of the molecule is CCCCN(CC(=O)N(CCc1c[nH]c2ccccc12)Cc1ccccc1)C(=O)c1ccc(C(C)(C)C)cc1. The number of rotatable bonds is 11. The second-order valence-electron chi connectivity index (χ2n) is 11.3. The van der Waals surface area contributed by atoms with Crippen LogP contribution < -0.4 is 0 Å². The molecule has 1 aromatic heterocycles. The number of nitrogens with one attached hydrogen (secondary N) is 1. The van der Waals surface area contributed by atoms with Gasteiger partial charge in [0.05, 0.1) is 0 Å². The molecule has 204 valence electrons. The molecule has 0 aliphatic rings. The molecule has 1 heterocycles. The molecule has 5 nitrogen and oxygen atoms in total. The molecule has 0 saturated carbocycles. The Labute approximate surface area is 232 Å². The summed E-state index contributed by atoms with van der Waals surface area (Å²) < 4.78 is 0. The average Bonchev–Trinajstić information content (AvgIpc) is 3.36. The van der Waals surface area contributed by atoms with Crippen LogP contribution in [0.5, 0.6) is 0 Å². The van der Waals surface area contributed by atoms with E-state index >= 15 is 0 Å². The molecular formula is C34H41N3O2. The Hall–Kier alpha value is -3.86. The van der Waals surface area contributed by atoms with Crippen LogP contribution >= 0.6 is 0 Å². The van der Waals surface area contributed by atoms with Crippen LogP contribution in [0, 0.1) is 0 Å². The van der Waals surface area contributed by atoms with Gasteiger partial charge in [0.2, 0.25) is 5.91 Å². The minimum atomic E-state index is -0.0893. The van der Waals surface area contributed by atoms with Gasteiger partial charge >= 0.3 is 0 Å². The van der Waals surface area contributed by atoms with Gasteiger partial charge in [-0.15, -0.1) is 0 Å². The average molecular weight is 524 g/mol. The number of benzene rings is 3. The van der Waals surface area contributed by atoms with Crippen LogP contribution in [0.25, 0.3) is 10.9 Å². The minimum absolute atomic E-state index is 0.0160. The third-order valence-electron chi connectivity index (χ3n) is 7.29. The Balaban J connectivity index is 1.52. The predicted octanol–water partition coefficient (Wildman–Crippen LogP) is 6.98. The van der Waals surface area contributed by atoms with E-state index in [4.69, 9.17) is 0 Å². The molecule has 2 amide bonds. The lowest BCUT2D eigenvalue weighted by Crippen LogP contribution is -2.43. The lowest BCUT2D eigenvalue weighted by Gasteiger charge is -2.28. The van der Waals surface area contributed by atoms with Crippen molar-refractivity contribution in [3.05, 3.63) is 107 Å². The largest absolute Gasteiger partial charge is 0.361 e. The zero-order valence-electron chi connectivity index (χ0n) is 23.7. The lowest BCUT2D eigenvalue weighted by atomic mass is 9.86. The van der Waals surface area contributed by atoms with Gasteiger partial charge in [-0.1, -0.05) is 94.8 Å². The predicted molar refractivity (Wildman–Crippen MR) is 160 cm³/mol. The van der Waals surface area contributed by atoms with Crippen molar-refractivity contribution in [2.45, 2.75) is 58.9 Å². The summed E-state index contributed by atoms with van der Waals surface area (Å²) in [4.78, 5) is 34.3. The molecule has 0 fully saturated rings. The van der Waals surface area contributed by atoms with Crippen LogP contribution in [-0.4, -0.2) is 46.2 Å². The number of hydrogen-bond donors (Lipinski definition) is 1. The maximum atomic E-state index is 13.8. The number of amides is 2. The molecule has 4 rings (SSSR count). The Bertz CT molecular complexity index is 1370. The summed E-state index contributed by atoms with van der Waals surface area (Å²) in [7, 11) is 0. The monoisotopic (exact) mass is 523 g/mol. The van der Waals surface area contributed by atoms with E-state index in [9.17, 15) is 9.59 Å². The number of fused-ring (bicyclic) bond motifs is 1. The van der Waals surface area contributed by atoms with Gasteiger partial charge in [0.15, 0.2) is 0 Å². The van der Waals surface area contributed by atoms with Crippen molar-refractivity contribution in [2.24, 2.45) is 0 Å². The van der Waals surface area contributed by atoms with Gasteiger partial charge in [0.25, 0.3) is 5.91 Å². The molecule has 0 aliphatic carbocycles. The molecule has 0 saturated heterocycles. The van der Waals surface area contributed by atoms with Crippen molar-refractivity contribution < 1.29 is 9.59 Å². The molecule has 0 unspecified atom stereocenters. The summed E-state index contributed by atoms with van der Waals surface area (Å²) in [5.74, 6) is -0.122. The first-order valence-corrected chi connectivity index (χ1v) is 14.0. The first-order valence-electron chi connectivity index (χ1n) is 14.0. The maximum Gasteiger partial charge on any atom is 0.254 e. The zero-order chi connectivity index (χ0) is 27.8. The molecule has 5 heteroatoms. The Morgan fingerprint density at radius 3 is 2.21 bits per heavy atom. The van der Waals surface area contributed by atoms with E-state index in [0.29, 0.717) is 25.2 Å². The summed E-state index contributed by atoms with van der Waals surface area (Å²) in [5.41, 5.74) is 5.19. The van der Waals surface area contributed by atoms with E-state index in [0.717, 1.165) is 30.3 Å². The Kier molecular flexibility index (Phi) is 9.23. The van der Waals surface area contributed by atoms with Gasteiger partial charge in [0, 0.05) is 42.3 Å². The van der Waals surface area contributed by atoms with Gasteiger partial charge in [-0.25, -0.2) is 0 Å². The molecule has 0 spiro atoms. The fraction of sp³-hybridized carbons (Fsp3) is 0.353. The number of H-pyrrole nitrogens is 1. The van der Waals surface area contributed by atoms with Crippen LogP contribution in [0.2, 0.25) is 0 Å². The van der Waals surface area contributed by atoms with Gasteiger partial charge in [-0.3, -0.25) is 9.59 Å². The van der Waals surface area contributed by atoms with E-state index in [1.165, 1.54) is 16.5 Å². The highest BCUT2D eigenvalue weighted by atomic mass is 16.2. The molecule has 3 aromatic carbocycles. The van der Waals surface area contributed by atoms with Crippen LogP contribution in [0.3, 0.4) is 0 Å². The number of unbranched alkanes of at least 4 members (excludes halogenated alkanes) is 1. The molecule has 0 atom stereocenters. The fourth-order valence-corrected chi connectivity index (χ4v) is 4.85. The topological polar surface area (TPSA) is 56.4 Å². The third kappa shape index (κ3) is 7.38. The van der Waals surface area contributed by atoms with E-state index in [2.05, 4.69) is 44.8 Å². The molecule has 0 radical (unpaired) electrons. The number of hydrogen-bond acceptors (Lipinski definition) is 2. The Morgan fingerprint density at radius 2 is 1.51 bits per heavy atom.